The molecule has 6 bridgehead atoms. The van der Waals surface area contributed by atoms with Gasteiger partial charge >= 0.3 is 5.97 Å². The van der Waals surface area contributed by atoms with Gasteiger partial charge in [-0.3, -0.25) is 19.6 Å². The van der Waals surface area contributed by atoms with Gasteiger partial charge in [-0.1, -0.05) is 19.9 Å². The van der Waals surface area contributed by atoms with Gasteiger partial charge in [-0.05, 0) is 63.9 Å². The lowest BCUT2D eigenvalue weighted by Gasteiger charge is -2.35. The summed E-state index contributed by atoms with van der Waals surface area (Å²) in [5.74, 6) is -0.924. The Morgan fingerprint density at radius 3 is 2.62 bits per heavy atom. The molecule has 14 nitrogen and oxygen atoms in total. The summed E-state index contributed by atoms with van der Waals surface area (Å²) < 4.78 is 41.8. The zero-order chi connectivity index (χ0) is 39.9. The summed E-state index contributed by atoms with van der Waals surface area (Å²) in [6.45, 7) is 13.3. The van der Waals surface area contributed by atoms with Crippen molar-refractivity contribution in [2.75, 3.05) is 64.6 Å². The van der Waals surface area contributed by atoms with Crippen LogP contribution in [-0.2, 0) is 48.5 Å². The van der Waals surface area contributed by atoms with Crippen LogP contribution in [0.15, 0.2) is 35.8 Å². The van der Waals surface area contributed by atoms with Crippen LogP contribution in [0.2, 0.25) is 0 Å². The summed E-state index contributed by atoms with van der Waals surface area (Å²) in [5, 5.41) is 4.98. The Morgan fingerprint density at radius 2 is 1.91 bits per heavy atom. The fourth-order valence-electron chi connectivity index (χ4n) is 8.08. The number of hydrazine groups is 1. The summed E-state index contributed by atoms with van der Waals surface area (Å²) in [6.07, 6.45) is 4.42. The van der Waals surface area contributed by atoms with E-state index in [2.05, 4.69) is 76.6 Å². The fraction of sp³-hybridized carbons (Fsp3) is 0.550. The molecule has 56 heavy (non-hydrogen) atoms. The molecule has 4 aromatic rings. The highest BCUT2D eigenvalue weighted by Crippen LogP contribution is 2.43. The number of rotatable bonds is 7. The molecule has 2 fully saturated rings. The first kappa shape index (κ1) is 40.3. The maximum absolute atomic E-state index is 13.8. The minimum Gasteiger partial charge on any atom is -0.464 e. The first-order valence-corrected chi connectivity index (χ1v) is 22.2. The predicted octanol–water partition coefficient (Wildman–Crippen LogP) is 4.39. The van der Waals surface area contributed by atoms with Gasteiger partial charge in [0.15, 0.2) is 0 Å². The normalized spacial score (nSPS) is 21.9. The van der Waals surface area contributed by atoms with Crippen molar-refractivity contribution in [2.45, 2.75) is 78.1 Å². The standard InChI is InChI=1S/C40H54N8O6S2/c1-8-47-34-12-11-26-18-28(34)30(37(47)29-19-27(22-41-36(29)25(2)53-6)46-16-14-45(5)15-17-46)21-40(3,4)24-54-39(50)31-10-9-13-48(43-31)38(49)32(44-56(7,51)52)20-35-42-33(26)23-55-35/h11-12,18-19,22-23,25,31-32,43-44H,8-10,13-17,20-21,24H2,1-7H3/t25-,31-,32-/m0/s1. The Hall–Kier alpha value is -3.93. The number of thiazole rings is 1. The topological polar surface area (TPSA) is 151 Å². The number of esters is 1. The zero-order valence-corrected chi connectivity index (χ0v) is 35.1. The van der Waals surface area contributed by atoms with Crippen molar-refractivity contribution in [3.8, 4) is 22.5 Å². The Balaban J connectivity index is 1.40. The largest absolute Gasteiger partial charge is 0.464 e. The molecule has 6 heterocycles. The maximum Gasteiger partial charge on any atom is 0.324 e. The van der Waals surface area contributed by atoms with E-state index in [4.69, 9.17) is 19.4 Å². The third-order valence-corrected chi connectivity index (χ3v) is 12.7. The summed E-state index contributed by atoms with van der Waals surface area (Å²) >= 11 is 1.38. The van der Waals surface area contributed by atoms with Gasteiger partial charge in [-0.15, -0.1) is 11.3 Å². The van der Waals surface area contributed by atoms with Crippen LogP contribution in [0.5, 0.6) is 0 Å². The molecule has 1 aromatic carbocycles. The molecular weight excluding hydrogens is 753 g/mol. The number of carbonyl (C=O) groups excluding carboxylic acids is 2. The van der Waals surface area contributed by atoms with Gasteiger partial charge in [0.05, 0.1) is 52.9 Å². The van der Waals surface area contributed by atoms with Crippen LogP contribution in [0.1, 0.15) is 62.9 Å². The zero-order valence-electron chi connectivity index (χ0n) is 33.4. The Bertz CT molecular complexity index is 2210. The van der Waals surface area contributed by atoms with Gasteiger partial charge in [0.25, 0.3) is 5.91 Å². The summed E-state index contributed by atoms with van der Waals surface area (Å²) in [4.78, 5) is 42.3. The molecule has 0 radical (unpaired) electrons. The number of hydrogen-bond donors (Lipinski definition) is 2. The number of hydrogen-bond acceptors (Lipinski definition) is 12. The number of carbonyl (C=O) groups is 2. The van der Waals surface area contributed by atoms with Crippen molar-refractivity contribution in [1.82, 2.24) is 34.6 Å². The molecule has 302 valence electrons. The number of aryl methyl sites for hydroxylation is 1. The van der Waals surface area contributed by atoms with Crippen LogP contribution in [0.25, 0.3) is 33.4 Å². The lowest BCUT2D eigenvalue weighted by atomic mass is 9.84. The van der Waals surface area contributed by atoms with E-state index in [9.17, 15) is 18.0 Å². The first-order chi connectivity index (χ1) is 26.6. The molecule has 7 rings (SSSR count). The Kier molecular flexibility index (Phi) is 11.6. The molecule has 0 spiro atoms. The van der Waals surface area contributed by atoms with Gasteiger partial charge in [0.1, 0.15) is 12.1 Å². The van der Waals surface area contributed by atoms with Crippen molar-refractivity contribution in [2.24, 2.45) is 5.41 Å². The maximum atomic E-state index is 13.8. The number of methoxy groups -OCH3 is 1. The summed E-state index contributed by atoms with van der Waals surface area (Å²) in [6, 6.07) is 6.79. The van der Waals surface area contributed by atoms with Crippen molar-refractivity contribution < 1.29 is 27.5 Å². The van der Waals surface area contributed by atoms with Gasteiger partial charge in [0.2, 0.25) is 10.0 Å². The number of fused-ring (bicyclic) bond motifs is 6. The van der Waals surface area contributed by atoms with Crippen LogP contribution in [0.3, 0.4) is 0 Å². The van der Waals surface area contributed by atoms with E-state index in [1.165, 1.54) is 16.3 Å². The number of cyclic esters (lactones) is 1. The molecule has 1 amide bonds. The number of anilines is 1. The monoisotopic (exact) mass is 806 g/mol. The van der Waals surface area contributed by atoms with E-state index < -0.39 is 39.4 Å². The van der Waals surface area contributed by atoms with Gasteiger partial charge in [-0.25, -0.2) is 23.5 Å². The number of pyridine rings is 1. The number of nitrogens with zero attached hydrogens (tertiary/aromatic N) is 6. The highest BCUT2D eigenvalue weighted by molar-refractivity contribution is 7.88. The van der Waals surface area contributed by atoms with Crippen molar-refractivity contribution in [1.29, 1.82) is 0 Å². The van der Waals surface area contributed by atoms with Gasteiger partial charge in [0, 0.05) is 85.6 Å². The highest BCUT2D eigenvalue weighted by Gasteiger charge is 2.36. The molecular formula is C40H54N8O6S2. The SMILES string of the molecule is CCn1c(-c2cc(N3CCN(C)CC3)cnc2[C@H](C)OC)c2c3cc(ccc31)-c1csc(n1)C[C@H](NS(C)(=O)=O)C(=O)N1CCC[C@H](N1)C(=O)OCC(C)(C)C2. The van der Waals surface area contributed by atoms with Crippen LogP contribution in [0, 0.1) is 5.41 Å². The fourth-order valence-corrected chi connectivity index (χ4v) is 9.63. The molecule has 2 saturated heterocycles. The molecule has 0 aliphatic carbocycles. The van der Waals surface area contributed by atoms with E-state index in [-0.39, 0.29) is 19.1 Å². The van der Waals surface area contributed by atoms with E-state index in [0.29, 0.717) is 37.4 Å². The average molecular weight is 807 g/mol. The minimum atomic E-state index is -3.75. The number of nitrogens with one attached hydrogen (secondary N) is 2. The minimum absolute atomic E-state index is 0.0546. The number of aromatic nitrogens is 3. The molecule has 3 atom stereocenters. The second-order valence-corrected chi connectivity index (χ2v) is 18.9. The smallest absolute Gasteiger partial charge is 0.324 e. The number of likely N-dealkylation sites (N-methyl/N-ethyl adjacent to an activating group) is 1. The molecule has 2 N–H and O–H groups in total. The second kappa shape index (κ2) is 16.1. The van der Waals surface area contributed by atoms with Crippen LogP contribution >= 0.6 is 11.3 Å². The van der Waals surface area contributed by atoms with E-state index >= 15 is 0 Å². The lowest BCUT2D eigenvalue weighted by molar-refractivity contribution is -0.155. The van der Waals surface area contributed by atoms with Crippen LogP contribution < -0.4 is 15.0 Å². The predicted molar refractivity (Wildman–Crippen MR) is 219 cm³/mol. The third kappa shape index (κ3) is 8.50. The van der Waals surface area contributed by atoms with Gasteiger partial charge in [-0.2, -0.15) is 0 Å². The van der Waals surface area contributed by atoms with E-state index in [0.717, 1.165) is 82.8 Å². The van der Waals surface area contributed by atoms with Crippen molar-refractivity contribution in [3.05, 3.63) is 52.1 Å². The first-order valence-electron chi connectivity index (χ1n) is 19.4. The number of amides is 1. The third-order valence-electron chi connectivity index (χ3n) is 11.1. The molecule has 3 aromatic heterocycles. The van der Waals surface area contributed by atoms with Gasteiger partial charge < -0.3 is 23.8 Å². The molecule has 3 aliphatic heterocycles. The second-order valence-electron chi connectivity index (χ2n) is 16.1. The van der Waals surface area contributed by atoms with Crippen molar-refractivity contribution >= 4 is 49.8 Å². The molecule has 3 aliphatic rings. The number of benzene rings is 1. The molecule has 0 unspecified atom stereocenters. The Morgan fingerprint density at radius 1 is 1.14 bits per heavy atom. The Labute approximate surface area is 333 Å². The highest BCUT2D eigenvalue weighted by atomic mass is 32.2. The number of sulfonamides is 1. The van der Waals surface area contributed by atoms with Crippen LogP contribution in [-0.4, -0.2) is 117 Å². The lowest BCUT2D eigenvalue weighted by Crippen LogP contribution is -2.60. The molecule has 0 saturated carbocycles. The van der Waals surface area contributed by atoms with E-state index in [1.807, 2.05) is 18.5 Å². The average Bonchev–Trinajstić information content (AvgIpc) is 3.77. The van der Waals surface area contributed by atoms with Crippen LogP contribution in [0.4, 0.5) is 5.69 Å². The van der Waals surface area contributed by atoms with E-state index in [1.54, 1.807) is 7.11 Å². The summed E-state index contributed by atoms with van der Waals surface area (Å²) in [7, 11) is 0.108. The molecule has 16 heteroatoms. The van der Waals surface area contributed by atoms with Crippen molar-refractivity contribution in [3.63, 3.8) is 0 Å². The number of ether oxygens (including phenoxy) is 2. The number of piperazine rings is 1. The summed E-state index contributed by atoms with van der Waals surface area (Å²) in [5.41, 5.74) is 10.4. The quantitative estimate of drug-likeness (QED) is 0.256.